The molecule has 0 aliphatic carbocycles. The van der Waals surface area contributed by atoms with Gasteiger partial charge >= 0.3 is 0 Å². The summed E-state index contributed by atoms with van der Waals surface area (Å²) >= 11 is 5.52. The van der Waals surface area contributed by atoms with Gasteiger partial charge in [0.15, 0.2) is 0 Å². The lowest BCUT2D eigenvalue weighted by Gasteiger charge is -2.05. The second-order valence-electron chi connectivity index (χ2n) is 3.19. The molecular formula is C9H13ClN2O. The summed E-state index contributed by atoms with van der Waals surface area (Å²) in [6.45, 7) is 4.53. The summed E-state index contributed by atoms with van der Waals surface area (Å²) in [5.41, 5.74) is 0.801. The van der Waals surface area contributed by atoms with E-state index in [1.54, 1.807) is 12.4 Å². The Kier molecular flexibility index (Phi) is 3.48. The molecule has 3 nitrogen and oxygen atoms in total. The van der Waals surface area contributed by atoms with Crippen LogP contribution in [0, 0.1) is 0 Å². The number of hydrogen-bond donors (Lipinski definition) is 0. The zero-order valence-corrected chi connectivity index (χ0v) is 8.58. The van der Waals surface area contributed by atoms with Crippen LogP contribution in [-0.4, -0.2) is 15.4 Å². The minimum atomic E-state index is -0.0284. The highest BCUT2D eigenvalue weighted by Gasteiger charge is 2.02. The highest BCUT2D eigenvalue weighted by atomic mass is 35.5. The van der Waals surface area contributed by atoms with E-state index < -0.39 is 0 Å². The van der Waals surface area contributed by atoms with Gasteiger partial charge in [0.1, 0.15) is 0 Å². The van der Waals surface area contributed by atoms with Gasteiger partial charge in [0.25, 0.3) is 5.56 Å². The predicted octanol–water partition coefficient (Wildman–Crippen LogP) is 1.61. The zero-order chi connectivity index (χ0) is 9.84. The molecule has 0 aliphatic heterocycles. The smallest absolute Gasteiger partial charge is 0.253 e. The minimum Gasteiger partial charge on any atom is -0.298 e. The third-order valence-corrected chi connectivity index (χ3v) is 1.99. The van der Waals surface area contributed by atoms with Crippen LogP contribution in [0.25, 0.3) is 0 Å². The van der Waals surface area contributed by atoms with Crippen molar-refractivity contribution >= 4 is 11.6 Å². The number of halogens is 1. The lowest BCUT2D eigenvalue weighted by atomic mass is 10.1. The van der Waals surface area contributed by atoms with Crippen LogP contribution in [0.1, 0.15) is 25.5 Å². The molecule has 1 rings (SSSR count). The van der Waals surface area contributed by atoms with E-state index in [-0.39, 0.29) is 5.56 Å². The van der Waals surface area contributed by atoms with Crippen molar-refractivity contribution < 1.29 is 0 Å². The molecule has 0 saturated carbocycles. The fraction of sp³-hybridized carbons (Fsp3) is 0.556. The summed E-state index contributed by atoms with van der Waals surface area (Å²) in [5, 5.41) is 0. The van der Waals surface area contributed by atoms with E-state index in [0.717, 1.165) is 5.69 Å². The molecule has 72 valence electrons. The molecule has 0 bridgehead atoms. The van der Waals surface area contributed by atoms with Crippen molar-refractivity contribution in [3.63, 3.8) is 0 Å². The van der Waals surface area contributed by atoms with E-state index in [0.29, 0.717) is 18.3 Å². The minimum absolute atomic E-state index is 0.0284. The van der Waals surface area contributed by atoms with Crippen LogP contribution in [-0.2, 0) is 6.54 Å². The molecule has 1 aromatic heterocycles. The van der Waals surface area contributed by atoms with Gasteiger partial charge in [-0.25, -0.2) is 4.98 Å². The molecule has 4 heteroatoms. The predicted molar refractivity (Wildman–Crippen MR) is 53.3 cm³/mol. The van der Waals surface area contributed by atoms with Crippen LogP contribution in [0.5, 0.6) is 0 Å². The SMILES string of the molecule is CC(C)c1cc(=O)n(CCCl)cn1. The van der Waals surface area contributed by atoms with Gasteiger partial charge in [0.2, 0.25) is 0 Å². The topological polar surface area (TPSA) is 34.9 Å². The fourth-order valence-corrected chi connectivity index (χ4v) is 1.20. The summed E-state index contributed by atoms with van der Waals surface area (Å²) in [6, 6.07) is 1.57. The van der Waals surface area contributed by atoms with Crippen molar-refractivity contribution in [1.29, 1.82) is 0 Å². The first kappa shape index (κ1) is 10.3. The van der Waals surface area contributed by atoms with Crippen molar-refractivity contribution in [2.45, 2.75) is 26.3 Å². The maximum atomic E-state index is 11.4. The van der Waals surface area contributed by atoms with Gasteiger partial charge < -0.3 is 0 Å². The maximum Gasteiger partial charge on any atom is 0.253 e. The van der Waals surface area contributed by atoms with E-state index in [1.165, 1.54) is 4.57 Å². The van der Waals surface area contributed by atoms with Crippen molar-refractivity contribution in [3.8, 4) is 0 Å². The highest BCUT2D eigenvalue weighted by molar-refractivity contribution is 6.17. The number of alkyl halides is 1. The number of aromatic nitrogens is 2. The quantitative estimate of drug-likeness (QED) is 0.695. The first-order valence-electron chi connectivity index (χ1n) is 4.27. The Morgan fingerprint density at radius 3 is 2.77 bits per heavy atom. The van der Waals surface area contributed by atoms with E-state index in [2.05, 4.69) is 4.98 Å². The molecule has 0 saturated heterocycles. The van der Waals surface area contributed by atoms with Crippen LogP contribution in [0.4, 0.5) is 0 Å². The lowest BCUT2D eigenvalue weighted by Crippen LogP contribution is -2.21. The second-order valence-corrected chi connectivity index (χ2v) is 3.57. The van der Waals surface area contributed by atoms with Crippen LogP contribution >= 0.6 is 11.6 Å². The molecule has 13 heavy (non-hydrogen) atoms. The average molecular weight is 201 g/mol. The Hall–Kier alpha value is -0.830. The van der Waals surface area contributed by atoms with Crippen LogP contribution in [0.3, 0.4) is 0 Å². The van der Waals surface area contributed by atoms with Crippen LogP contribution < -0.4 is 5.56 Å². The standard InChI is InChI=1S/C9H13ClN2O/c1-7(2)8-5-9(13)12(4-3-10)6-11-8/h5-7H,3-4H2,1-2H3. The molecule has 1 heterocycles. The van der Waals surface area contributed by atoms with Crippen molar-refractivity contribution in [1.82, 2.24) is 9.55 Å². The monoisotopic (exact) mass is 200 g/mol. The fourth-order valence-electron chi connectivity index (χ4n) is 1.01. The molecule has 0 N–H and O–H groups in total. The van der Waals surface area contributed by atoms with Crippen LogP contribution in [0.15, 0.2) is 17.2 Å². The number of nitrogens with zero attached hydrogens (tertiary/aromatic N) is 2. The van der Waals surface area contributed by atoms with E-state index in [1.807, 2.05) is 13.8 Å². The van der Waals surface area contributed by atoms with Gasteiger partial charge in [-0.15, -0.1) is 11.6 Å². The molecular weight excluding hydrogens is 188 g/mol. The maximum absolute atomic E-state index is 11.4. The molecule has 0 unspecified atom stereocenters. The number of aryl methyl sites for hydroxylation is 1. The molecule has 0 aliphatic rings. The summed E-state index contributed by atoms with van der Waals surface area (Å²) in [4.78, 5) is 15.6. The molecule has 1 aromatic rings. The first-order chi connectivity index (χ1) is 6.15. The highest BCUT2D eigenvalue weighted by Crippen LogP contribution is 2.06. The van der Waals surface area contributed by atoms with Crippen LogP contribution in [0.2, 0.25) is 0 Å². The van der Waals surface area contributed by atoms with E-state index in [4.69, 9.17) is 11.6 Å². The Morgan fingerprint density at radius 1 is 1.62 bits per heavy atom. The summed E-state index contributed by atoms with van der Waals surface area (Å²) in [6.07, 6.45) is 1.56. The number of rotatable bonds is 3. The Labute approximate surface area is 82.4 Å². The van der Waals surface area contributed by atoms with Gasteiger partial charge in [0.05, 0.1) is 12.0 Å². The largest absolute Gasteiger partial charge is 0.298 e. The molecule has 0 radical (unpaired) electrons. The molecule has 0 spiro atoms. The lowest BCUT2D eigenvalue weighted by molar-refractivity contribution is 0.688. The van der Waals surface area contributed by atoms with E-state index in [9.17, 15) is 4.79 Å². The summed E-state index contributed by atoms with van der Waals surface area (Å²) in [7, 11) is 0. The second kappa shape index (κ2) is 4.42. The van der Waals surface area contributed by atoms with Gasteiger partial charge in [-0.1, -0.05) is 13.8 Å². The van der Waals surface area contributed by atoms with Crippen molar-refractivity contribution in [2.75, 3.05) is 5.88 Å². The summed E-state index contributed by atoms with van der Waals surface area (Å²) in [5.74, 6) is 0.723. The van der Waals surface area contributed by atoms with E-state index >= 15 is 0 Å². The Bertz CT molecular complexity index is 333. The molecule has 0 atom stereocenters. The normalized spacial score (nSPS) is 10.8. The van der Waals surface area contributed by atoms with Crippen molar-refractivity contribution in [2.24, 2.45) is 0 Å². The Balaban J connectivity index is 2.99. The van der Waals surface area contributed by atoms with Gasteiger partial charge in [-0.3, -0.25) is 9.36 Å². The van der Waals surface area contributed by atoms with Gasteiger partial charge in [0, 0.05) is 18.5 Å². The average Bonchev–Trinajstić information content (AvgIpc) is 2.08. The molecule has 0 fully saturated rings. The first-order valence-corrected chi connectivity index (χ1v) is 4.81. The number of hydrogen-bond acceptors (Lipinski definition) is 2. The van der Waals surface area contributed by atoms with Gasteiger partial charge in [-0.2, -0.15) is 0 Å². The molecule has 0 amide bonds. The summed E-state index contributed by atoms with van der Waals surface area (Å²) < 4.78 is 1.51. The van der Waals surface area contributed by atoms with Gasteiger partial charge in [-0.05, 0) is 5.92 Å². The third kappa shape index (κ3) is 2.56. The Morgan fingerprint density at radius 2 is 2.31 bits per heavy atom. The molecule has 0 aromatic carbocycles. The third-order valence-electron chi connectivity index (χ3n) is 1.82. The van der Waals surface area contributed by atoms with Crippen molar-refractivity contribution in [3.05, 3.63) is 28.4 Å². The zero-order valence-electron chi connectivity index (χ0n) is 7.83.